The Balaban J connectivity index is 3.26. The molecular formula is C10H24OSi. The predicted molar refractivity (Wildman–Crippen MR) is 58.4 cm³/mol. The molecule has 0 heterocycles. The van der Waals surface area contributed by atoms with Gasteiger partial charge in [-0.15, -0.1) is 0 Å². The largest absolute Gasteiger partial charge is 0.428 e. The Bertz CT molecular complexity index is 85.9. The quantitative estimate of drug-likeness (QED) is 0.419. The topological polar surface area (TPSA) is 9.23 Å². The highest BCUT2D eigenvalue weighted by Gasteiger charge is 2.04. The van der Waals surface area contributed by atoms with Crippen LogP contribution in [0.3, 0.4) is 0 Å². The Morgan fingerprint density at radius 3 is 2.33 bits per heavy atom. The Labute approximate surface area is 80.4 Å². The standard InChI is InChI=1S/C10H24OSi/c1-3-5-7-10(4-2)8-6-9-11-12/h10H,3-9H2,1-2,12H3. The Morgan fingerprint density at radius 1 is 1.17 bits per heavy atom. The number of rotatable bonds is 8. The molecule has 12 heavy (non-hydrogen) atoms. The summed E-state index contributed by atoms with van der Waals surface area (Å²) in [6.45, 7) is 5.57. The highest BCUT2D eigenvalue weighted by Crippen LogP contribution is 2.17. The van der Waals surface area contributed by atoms with E-state index in [4.69, 9.17) is 4.43 Å². The van der Waals surface area contributed by atoms with Crippen molar-refractivity contribution in [1.29, 1.82) is 0 Å². The molecule has 0 rings (SSSR count). The molecular weight excluding hydrogens is 164 g/mol. The van der Waals surface area contributed by atoms with Crippen molar-refractivity contribution >= 4 is 10.5 Å². The van der Waals surface area contributed by atoms with Crippen molar-refractivity contribution in [2.45, 2.75) is 52.4 Å². The van der Waals surface area contributed by atoms with Crippen LogP contribution in [0.1, 0.15) is 52.4 Å². The van der Waals surface area contributed by atoms with Crippen LogP contribution in [-0.2, 0) is 4.43 Å². The maximum absolute atomic E-state index is 5.18. The van der Waals surface area contributed by atoms with Crippen LogP contribution < -0.4 is 0 Å². The minimum absolute atomic E-state index is 0.904. The molecule has 1 nitrogen and oxygen atoms in total. The van der Waals surface area contributed by atoms with E-state index in [1.54, 1.807) is 0 Å². The van der Waals surface area contributed by atoms with E-state index in [-0.39, 0.29) is 0 Å². The first-order valence-corrected chi connectivity index (χ1v) is 6.15. The monoisotopic (exact) mass is 188 g/mol. The molecule has 0 fully saturated rings. The second-order valence-electron chi connectivity index (χ2n) is 3.55. The molecule has 0 saturated heterocycles. The van der Waals surface area contributed by atoms with Crippen LogP contribution in [0, 0.1) is 5.92 Å². The van der Waals surface area contributed by atoms with Crippen molar-refractivity contribution in [3.05, 3.63) is 0 Å². The average Bonchev–Trinajstić information content (AvgIpc) is 2.11. The van der Waals surface area contributed by atoms with E-state index < -0.39 is 0 Å². The second kappa shape index (κ2) is 9.27. The molecule has 0 radical (unpaired) electrons. The Hall–Kier alpha value is 0.177. The van der Waals surface area contributed by atoms with Gasteiger partial charge in [0, 0.05) is 6.61 Å². The van der Waals surface area contributed by atoms with Gasteiger partial charge in [0.25, 0.3) is 0 Å². The van der Waals surface area contributed by atoms with Gasteiger partial charge in [-0.25, -0.2) is 0 Å². The molecule has 2 heteroatoms. The lowest BCUT2D eigenvalue weighted by atomic mass is 9.95. The Morgan fingerprint density at radius 2 is 1.83 bits per heavy atom. The van der Waals surface area contributed by atoms with Gasteiger partial charge in [-0.2, -0.15) is 0 Å². The molecule has 0 aliphatic carbocycles. The van der Waals surface area contributed by atoms with Gasteiger partial charge in [0.1, 0.15) is 10.5 Å². The molecule has 0 aliphatic heterocycles. The van der Waals surface area contributed by atoms with Crippen molar-refractivity contribution < 1.29 is 4.43 Å². The van der Waals surface area contributed by atoms with Gasteiger partial charge in [0.05, 0.1) is 0 Å². The number of hydrogen-bond donors (Lipinski definition) is 0. The van der Waals surface area contributed by atoms with Crippen molar-refractivity contribution in [2.24, 2.45) is 5.92 Å². The molecule has 0 aromatic rings. The van der Waals surface area contributed by atoms with Crippen molar-refractivity contribution in [2.75, 3.05) is 6.61 Å². The van der Waals surface area contributed by atoms with Gasteiger partial charge in [0.15, 0.2) is 0 Å². The lowest BCUT2D eigenvalue weighted by Crippen LogP contribution is -2.01. The zero-order valence-corrected chi connectivity index (χ0v) is 10.9. The average molecular weight is 188 g/mol. The molecule has 1 atom stereocenters. The zero-order chi connectivity index (χ0) is 9.23. The lowest BCUT2D eigenvalue weighted by molar-refractivity contribution is 0.306. The third-order valence-corrected chi connectivity index (χ3v) is 2.91. The Kier molecular flexibility index (Phi) is 9.40. The summed E-state index contributed by atoms with van der Waals surface area (Å²) in [5.74, 6) is 0.960. The molecule has 74 valence electrons. The van der Waals surface area contributed by atoms with Crippen LogP contribution in [-0.4, -0.2) is 17.1 Å². The lowest BCUT2D eigenvalue weighted by Gasteiger charge is -2.13. The summed E-state index contributed by atoms with van der Waals surface area (Å²) in [6.07, 6.45) is 8.16. The second-order valence-corrected chi connectivity index (χ2v) is 4.13. The van der Waals surface area contributed by atoms with Crippen LogP contribution in [0.4, 0.5) is 0 Å². The first-order valence-electron chi connectivity index (χ1n) is 5.34. The fourth-order valence-corrected chi connectivity index (χ4v) is 1.85. The van der Waals surface area contributed by atoms with E-state index in [2.05, 4.69) is 13.8 Å². The molecule has 0 N–H and O–H groups in total. The highest BCUT2D eigenvalue weighted by atomic mass is 28.2. The van der Waals surface area contributed by atoms with Crippen LogP contribution in [0.2, 0.25) is 0 Å². The van der Waals surface area contributed by atoms with Crippen molar-refractivity contribution in [3.8, 4) is 0 Å². The van der Waals surface area contributed by atoms with Gasteiger partial charge in [-0.05, 0) is 18.8 Å². The normalized spacial score (nSPS) is 13.5. The summed E-state index contributed by atoms with van der Waals surface area (Å²) in [6, 6.07) is 0. The van der Waals surface area contributed by atoms with Crippen molar-refractivity contribution in [3.63, 3.8) is 0 Å². The summed E-state index contributed by atoms with van der Waals surface area (Å²) in [4.78, 5) is 0. The summed E-state index contributed by atoms with van der Waals surface area (Å²) in [5, 5.41) is 0. The third kappa shape index (κ3) is 6.86. The summed E-state index contributed by atoms with van der Waals surface area (Å²) in [5.41, 5.74) is 0. The fourth-order valence-electron chi connectivity index (χ4n) is 1.56. The molecule has 0 spiro atoms. The van der Waals surface area contributed by atoms with E-state index in [1.165, 1.54) is 38.5 Å². The van der Waals surface area contributed by atoms with E-state index >= 15 is 0 Å². The molecule has 0 amide bonds. The van der Waals surface area contributed by atoms with Crippen molar-refractivity contribution in [1.82, 2.24) is 0 Å². The fraction of sp³-hybridized carbons (Fsp3) is 1.00. The molecule has 0 aromatic carbocycles. The van der Waals surface area contributed by atoms with E-state index in [0.29, 0.717) is 0 Å². The minimum atomic E-state index is 0.904. The van der Waals surface area contributed by atoms with E-state index in [9.17, 15) is 0 Å². The highest BCUT2D eigenvalue weighted by molar-refractivity contribution is 5.97. The maximum atomic E-state index is 5.18. The molecule has 0 aliphatic rings. The third-order valence-electron chi connectivity index (χ3n) is 2.50. The first-order chi connectivity index (χ1) is 5.85. The van der Waals surface area contributed by atoms with Gasteiger partial charge in [-0.3, -0.25) is 0 Å². The maximum Gasteiger partial charge on any atom is 0.145 e. The molecule has 1 unspecified atom stereocenters. The first kappa shape index (κ1) is 12.2. The SMILES string of the molecule is CCCCC(CC)CCCO[SiH3]. The number of unbranched alkanes of at least 4 members (excludes halogenated alkanes) is 1. The van der Waals surface area contributed by atoms with Crippen LogP contribution in [0.25, 0.3) is 0 Å². The van der Waals surface area contributed by atoms with Gasteiger partial charge < -0.3 is 4.43 Å². The predicted octanol–water partition coefficient (Wildman–Crippen LogP) is 2.28. The van der Waals surface area contributed by atoms with Gasteiger partial charge in [-0.1, -0.05) is 39.5 Å². The molecule has 0 bridgehead atoms. The van der Waals surface area contributed by atoms with Gasteiger partial charge in [0.2, 0.25) is 0 Å². The van der Waals surface area contributed by atoms with Gasteiger partial charge >= 0.3 is 0 Å². The zero-order valence-electron chi connectivity index (χ0n) is 8.94. The van der Waals surface area contributed by atoms with Crippen LogP contribution >= 0.6 is 0 Å². The summed E-state index contributed by atoms with van der Waals surface area (Å²) in [7, 11) is 0.904. The van der Waals surface area contributed by atoms with E-state index in [0.717, 1.165) is 23.0 Å². The summed E-state index contributed by atoms with van der Waals surface area (Å²) < 4.78 is 5.18. The number of hydrogen-bond acceptors (Lipinski definition) is 1. The molecule has 0 aromatic heterocycles. The summed E-state index contributed by atoms with van der Waals surface area (Å²) >= 11 is 0. The minimum Gasteiger partial charge on any atom is -0.428 e. The molecule has 0 saturated carbocycles. The van der Waals surface area contributed by atoms with Crippen LogP contribution in [0.15, 0.2) is 0 Å². The van der Waals surface area contributed by atoms with Crippen LogP contribution in [0.5, 0.6) is 0 Å². The van der Waals surface area contributed by atoms with E-state index in [1.807, 2.05) is 0 Å². The smallest absolute Gasteiger partial charge is 0.145 e.